The number of hydrazine groups is 1. The van der Waals surface area contributed by atoms with Crippen LogP contribution in [0.5, 0.6) is 5.75 Å². The molecule has 0 aliphatic carbocycles. The fourth-order valence-corrected chi connectivity index (χ4v) is 4.12. The number of phenols is 1. The van der Waals surface area contributed by atoms with Gasteiger partial charge >= 0.3 is 0 Å². The highest BCUT2D eigenvalue weighted by molar-refractivity contribution is 5.78. The summed E-state index contributed by atoms with van der Waals surface area (Å²) in [6.45, 7) is 5.24. The minimum Gasteiger partial charge on any atom is -0.508 e. The van der Waals surface area contributed by atoms with Gasteiger partial charge in [0.15, 0.2) is 11.6 Å². The first-order valence-corrected chi connectivity index (χ1v) is 11.8. The van der Waals surface area contributed by atoms with Crippen molar-refractivity contribution < 1.29 is 14.2 Å². The molecule has 0 radical (unpaired) electrons. The van der Waals surface area contributed by atoms with E-state index in [2.05, 4.69) is 48.2 Å². The van der Waals surface area contributed by atoms with Crippen LogP contribution in [0.1, 0.15) is 19.0 Å². The lowest BCUT2D eigenvalue weighted by molar-refractivity contribution is 0.122. The number of pyridine rings is 1. The average molecular weight is 494 g/mol. The molecule has 5 rings (SSSR count). The number of benzene rings is 1. The van der Waals surface area contributed by atoms with Crippen molar-refractivity contribution in [3.8, 4) is 5.75 Å². The van der Waals surface area contributed by atoms with Gasteiger partial charge in [-0.2, -0.15) is 10.1 Å². The largest absolute Gasteiger partial charge is 0.508 e. The minimum atomic E-state index is -0.485. The van der Waals surface area contributed by atoms with Gasteiger partial charge in [-0.3, -0.25) is 4.98 Å². The summed E-state index contributed by atoms with van der Waals surface area (Å²) in [4.78, 5) is 14.4. The molecule has 0 amide bonds. The summed E-state index contributed by atoms with van der Waals surface area (Å²) in [7, 11) is 0. The number of aromatic hydroxyl groups is 1. The van der Waals surface area contributed by atoms with E-state index in [4.69, 9.17) is 4.74 Å². The third-order valence-corrected chi connectivity index (χ3v) is 5.94. The van der Waals surface area contributed by atoms with E-state index in [1.54, 1.807) is 24.4 Å². The maximum atomic E-state index is 14.2. The number of hydrogen-bond donors (Lipinski definition) is 4. The van der Waals surface area contributed by atoms with Crippen LogP contribution in [-0.2, 0) is 4.74 Å². The van der Waals surface area contributed by atoms with E-state index in [-0.39, 0.29) is 17.5 Å². The van der Waals surface area contributed by atoms with Crippen molar-refractivity contribution in [2.75, 3.05) is 53.5 Å². The third kappa shape index (κ3) is 5.61. The van der Waals surface area contributed by atoms with Crippen LogP contribution in [-0.4, -0.2) is 65.2 Å². The maximum Gasteiger partial charge on any atom is 0.245 e. The molecule has 4 heterocycles. The van der Waals surface area contributed by atoms with Crippen LogP contribution in [0.3, 0.4) is 0 Å². The van der Waals surface area contributed by atoms with Crippen LogP contribution in [0.15, 0.2) is 47.8 Å². The molecule has 2 aromatic heterocycles. The van der Waals surface area contributed by atoms with Crippen molar-refractivity contribution in [2.45, 2.75) is 19.4 Å². The molecule has 2 saturated heterocycles. The number of nitrogens with one attached hydrogen (secondary N) is 3. The van der Waals surface area contributed by atoms with Gasteiger partial charge in [-0.15, -0.1) is 0 Å². The number of nitrogens with zero attached hydrogens (tertiary/aromatic N) is 6. The number of ether oxygens (including phenoxy) is 1. The van der Waals surface area contributed by atoms with E-state index in [1.807, 2.05) is 17.0 Å². The van der Waals surface area contributed by atoms with Gasteiger partial charge in [0.25, 0.3) is 0 Å². The molecule has 4 N–H and O–H groups in total. The summed E-state index contributed by atoms with van der Waals surface area (Å²) in [6.07, 6.45) is 5.37. The quantitative estimate of drug-likeness (QED) is 0.289. The first-order valence-electron chi connectivity index (χ1n) is 11.8. The number of rotatable bonds is 7. The van der Waals surface area contributed by atoms with Crippen LogP contribution in [0.25, 0.3) is 0 Å². The third-order valence-electron chi connectivity index (χ3n) is 5.94. The topological polar surface area (TPSA) is 123 Å². The molecule has 12 heteroatoms. The Morgan fingerprint density at radius 1 is 1.17 bits per heavy atom. The molecule has 2 fully saturated rings. The standard InChI is InChI=1S/C24H28FN9O2/c1-16-4-5-29-34(16)20-10-19(11-21(35)12-20)30-18-3-2-17(26-13-18)14-28-32-24-27-15-22(25)23(31-24)33-6-8-36-9-7-33/h2-3,10-16,29-30,35H,4-9H2,1H3,(H,27,31,32)/b28-14+. The minimum absolute atomic E-state index is 0.179. The van der Waals surface area contributed by atoms with Gasteiger partial charge in [0.2, 0.25) is 5.95 Å². The van der Waals surface area contributed by atoms with Crippen LogP contribution in [0, 0.1) is 5.82 Å². The molecule has 2 aliphatic rings. The van der Waals surface area contributed by atoms with Gasteiger partial charge in [0.1, 0.15) is 5.75 Å². The number of halogens is 1. The molecule has 188 valence electrons. The predicted octanol–water partition coefficient (Wildman–Crippen LogP) is 2.85. The lowest BCUT2D eigenvalue weighted by atomic mass is 10.2. The first kappa shape index (κ1) is 23.7. The Balaban J connectivity index is 1.21. The number of aromatic nitrogens is 3. The molecule has 0 saturated carbocycles. The molecule has 11 nitrogen and oxygen atoms in total. The summed E-state index contributed by atoms with van der Waals surface area (Å²) >= 11 is 0. The van der Waals surface area contributed by atoms with E-state index in [0.717, 1.165) is 36.2 Å². The lowest BCUT2D eigenvalue weighted by Crippen LogP contribution is -2.37. The fourth-order valence-electron chi connectivity index (χ4n) is 4.12. The number of hydrogen-bond acceptors (Lipinski definition) is 11. The highest BCUT2D eigenvalue weighted by Gasteiger charge is 2.21. The Kier molecular flexibility index (Phi) is 7.05. The Morgan fingerprint density at radius 2 is 2.03 bits per heavy atom. The molecular formula is C24H28FN9O2. The monoisotopic (exact) mass is 493 g/mol. The van der Waals surface area contributed by atoms with Crippen molar-refractivity contribution in [2.24, 2.45) is 5.10 Å². The summed E-state index contributed by atoms with van der Waals surface area (Å²) < 4.78 is 19.5. The zero-order valence-electron chi connectivity index (χ0n) is 19.9. The summed E-state index contributed by atoms with van der Waals surface area (Å²) in [5, 5.41) is 19.6. The van der Waals surface area contributed by atoms with Gasteiger partial charge in [-0.25, -0.2) is 20.2 Å². The van der Waals surface area contributed by atoms with E-state index in [9.17, 15) is 9.50 Å². The van der Waals surface area contributed by atoms with Crippen LogP contribution < -0.4 is 26.1 Å². The SMILES string of the molecule is CC1CCNN1c1cc(O)cc(Nc2ccc(/C=N/Nc3ncc(F)c(N4CCOCC4)n3)nc2)c1. The van der Waals surface area contributed by atoms with E-state index >= 15 is 0 Å². The Labute approximate surface area is 208 Å². The van der Waals surface area contributed by atoms with Crippen molar-refractivity contribution in [3.63, 3.8) is 0 Å². The normalized spacial score (nSPS) is 18.1. The Morgan fingerprint density at radius 3 is 2.78 bits per heavy atom. The zero-order valence-corrected chi connectivity index (χ0v) is 19.9. The van der Waals surface area contributed by atoms with E-state index < -0.39 is 5.82 Å². The molecule has 1 atom stereocenters. The van der Waals surface area contributed by atoms with Crippen LogP contribution in [0.4, 0.5) is 33.2 Å². The second kappa shape index (κ2) is 10.7. The lowest BCUT2D eigenvalue weighted by Gasteiger charge is -2.27. The number of anilines is 5. The van der Waals surface area contributed by atoms with Crippen molar-refractivity contribution in [1.82, 2.24) is 20.4 Å². The average Bonchev–Trinajstić information content (AvgIpc) is 3.32. The van der Waals surface area contributed by atoms with Crippen molar-refractivity contribution in [1.29, 1.82) is 0 Å². The number of hydrazone groups is 1. The van der Waals surface area contributed by atoms with Gasteiger partial charge < -0.3 is 25.1 Å². The van der Waals surface area contributed by atoms with Gasteiger partial charge in [-0.05, 0) is 31.5 Å². The number of phenolic OH excluding ortho intramolecular Hbond substituents is 1. The molecule has 0 bridgehead atoms. The first-order chi connectivity index (χ1) is 17.5. The van der Waals surface area contributed by atoms with E-state index in [0.29, 0.717) is 38.0 Å². The molecule has 2 aliphatic heterocycles. The highest BCUT2D eigenvalue weighted by Crippen LogP contribution is 2.30. The predicted molar refractivity (Wildman–Crippen MR) is 136 cm³/mol. The van der Waals surface area contributed by atoms with Crippen molar-refractivity contribution in [3.05, 3.63) is 54.2 Å². The van der Waals surface area contributed by atoms with Crippen LogP contribution >= 0.6 is 0 Å². The second-order valence-electron chi connectivity index (χ2n) is 8.59. The second-order valence-corrected chi connectivity index (χ2v) is 8.59. The smallest absolute Gasteiger partial charge is 0.245 e. The maximum absolute atomic E-state index is 14.2. The van der Waals surface area contributed by atoms with Crippen LogP contribution in [0.2, 0.25) is 0 Å². The molecule has 36 heavy (non-hydrogen) atoms. The molecular weight excluding hydrogens is 465 g/mol. The zero-order chi connectivity index (χ0) is 24.9. The molecule has 0 spiro atoms. The molecule has 1 aromatic carbocycles. The highest BCUT2D eigenvalue weighted by atomic mass is 19.1. The Bertz CT molecular complexity index is 1220. The fraction of sp³-hybridized carbons (Fsp3) is 0.333. The molecule has 3 aromatic rings. The van der Waals surface area contributed by atoms with E-state index in [1.165, 1.54) is 6.21 Å². The van der Waals surface area contributed by atoms with Gasteiger partial charge in [0.05, 0.1) is 48.9 Å². The van der Waals surface area contributed by atoms with Crippen molar-refractivity contribution >= 4 is 35.0 Å². The Hall–Kier alpha value is -4.03. The molecule has 1 unspecified atom stereocenters. The summed E-state index contributed by atoms with van der Waals surface area (Å²) in [5.74, 6) is 0.110. The summed E-state index contributed by atoms with van der Waals surface area (Å²) in [5.41, 5.74) is 9.07. The number of morpholine rings is 1. The van der Waals surface area contributed by atoms with Gasteiger partial charge in [0, 0.05) is 43.5 Å². The van der Waals surface area contributed by atoms with Gasteiger partial charge in [-0.1, -0.05) is 0 Å². The summed E-state index contributed by atoms with van der Waals surface area (Å²) in [6, 6.07) is 9.38.